The molecule has 1 heterocycles. The lowest BCUT2D eigenvalue weighted by molar-refractivity contribution is -0.0431. The Hall–Kier alpha value is -2.16. The van der Waals surface area contributed by atoms with E-state index in [9.17, 15) is 0 Å². The average Bonchev–Trinajstić information content (AvgIpc) is 2.68. The molecule has 21 heavy (non-hydrogen) atoms. The van der Waals surface area contributed by atoms with Crippen LogP contribution in [0.4, 0.5) is 5.69 Å². The van der Waals surface area contributed by atoms with Crippen molar-refractivity contribution in [2.75, 3.05) is 5.32 Å². The van der Waals surface area contributed by atoms with E-state index in [1.54, 1.807) is 0 Å². The Bertz CT molecular complexity index is 657. The van der Waals surface area contributed by atoms with E-state index in [4.69, 9.17) is 9.47 Å². The number of rotatable bonds is 3. The maximum Gasteiger partial charge on any atom is 0.246 e. The molecule has 110 valence electrons. The van der Waals surface area contributed by atoms with Gasteiger partial charge in [0.05, 0.1) is 0 Å². The lowest BCUT2D eigenvalue weighted by Crippen LogP contribution is -2.29. The zero-order valence-corrected chi connectivity index (χ0v) is 13.0. The first kappa shape index (κ1) is 13.8. The van der Waals surface area contributed by atoms with Gasteiger partial charge in [-0.25, -0.2) is 0 Å². The number of aryl methyl sites for hydroxylation is 2. The molecule has 0 amide bonds. The number of hydrogen-bond donors (Lipinski definition) is 1. The Kier molecular flexibility index (Phi) is 3.28. The van der Waals surface area contributed by atoms with Gasteiger partial charge in [-0.15, -0.1) is 0 Å². The largest absolute Gasteiger partial charge is 0.449 e. The molecular weight excluding hydrogens is 262 g/mol. The SMILES string of the molecule is Cc1cc(C)cc(CNc2ccc3c(c2)OC(C)(C)O3)c1. The third-order valence-electron chi connectivity index (χ3n) is 3.43. The van der Waals surface area contributed by atoms with Crippen molar-refractivity contribution in [2.45, 2.75) is 40.0 Å². The molecule has 3 rings (SSSR count). The summed E-state index contributed by atoms with van der Waals surface area (Å²) in [4.78, 5) is 0. The van der Waals surface area contributed by atoms with Gasteiger partial charge < -0.3 is 14.8 Å². The number of nitrogens with one attached hydrogen (secondary N) is 1. The van der Waals surface area contributed by atoms with Crippen LogP contribution in [0.2, 0.25) is 0 Å². The Balaban J connectivity index is 1.72. The van der Waals surface area contributed by atoms with Crippen LogP contribution in [-0.2, 0) is 6.54 Å². The van der Waals surface area contributed by atoms with E-state index in [1.807, 2.05) is 32.0 Å². The number of hydrogen-bond acceptors (Lipinski definition) is 3. The Labute approximate surface area is 125 Å². The summed E-state index contributed by atoms with van der Waals surface area (Å²) < 4.78 is 11.5. The fourth-order valence-electron chi connectivity index (χ4n) is 2.71. The predicted molar refractivity (Wildman–Crippen MR) is 85.0 cm³/mol. The highest BCUT2D eigenvalue weighted by Gasteiger charge is 2.31. The van der Waals surface area contributed by atoms with Gasteiger partial charge >= 0.3 is 0 Å². The van der Waals surface area contributed by atoms with E-state index in [0.29, 0.717) is 0 Å². The lowest BCUT2D eigenvalue weighted by Gasteiger charge is -2.16. The van der Waals surface area contributed by atoms with Crippen LogP contribution < -0.4 is 14.8 Å². The molecule has 1 N–H and O–H groups in total. The van der Waals surface area contributed by atoms with Crippen molar-refractivity contribution in [3.8, 4) is 11.5 Å². The van der Waals surface area contributed by atoms with Crippen molar-refractivity contribution in [3.63, 3.8) is 0 Å². The molecule has 0 bridgehead atoms. The van der Waals surface area contributed by atoms with E-state index in [1.165, 1.54) is 16.7 Å². The van der Waals surface area contributed by atoms with Gasteiger partial charge in [0.1, 0.15) is 0 Å². The summed E-state index contributed by atoms with van der Waals surface area (Å²) in [5, 5.41) is 3.44. The zero-order chi connectivity index (χ0) is 15.0. The van der Waals surface area contributed by atoms with Crippen molar-refractivity contribution in [1.29, 1.82) is 0 Å². The van der Waals surface area contributed by atoms with Gasteiger partial charge in [0, 0.05) is 32.1 Å². The molecule has 0 atom stereocenters. The lowest BCUT2D eigenvalue weighted by atomic mass is 10.1. The van der Waals surface area contributed by atoms with Gasteiger partial charge in [-0.3, -0.25) is 0 Å². The number of anilines is 1. The number of ether oxygens (including phenoxy) is 2. The molecule has 3 heteroatoms. The zero-order valence-electron chi connectivity index (χ0n) is 13.0. The first-order valence-electron chi connectivity index (χ1n) is 7.24. The van der Waals surface area contributed by atoms with Crippen LogP contribution in [0.25, 0.3) is 0 Å². The van der Waals surface area contributed by atoms with E-state index in [-0.39, 0.29) is 0 Å². The minimum atomic E-state index is -0.575. The summed E-state index contributed by atoms with van der Waals surface area (Å²) in [6.45, 7) is 8.87. The molecule has 0 aromatic heterocycles. The molecule has 2 aromatic carbocycles. The molecule has 0 aliphatic carbocycles. The molecule has 0 spiro atoms. The standard InChI is InChI=1S/C18H21NO2/c1-12-7-13(2)9-14(8-12)11-19-15-5-6-16-17(10-15)21-18(3,4)20-16/h5-10,19H,11H2,1-4H3. The van der Waals surface area contributed by atoms with Crippen LogP contribution in [0, 0.1) is 13.8 Å². The highest BCUT2D eigenvalue weighted by Crippen LogP contribution is 2.40. The smallest absolute Gasteiger partial charge is 0.246 e. The maximum absolute atomic E-state index is 5.76. The minimum Gasteiger partial charge on any atom is -0.449 e. The van der Waals surface area contributed by atoms with Crippen molar-refractivity contribution in [2.24, 2.45) is 0 Å². The number of fused-ring (bicyclic) bond motifs is 1. The van der Waals surface area contributed by atoms with Gasteiger partial charge in [0.2, 0.25) is 5.79 Å². The van der Waals surface area contributed by atoms with Crippen LogP contribution in [-0.4, -0.2) is 5.79 Å². The molecule has 2 aromatic rings. The Morgan fingerprint density at radius 3 is 2.29 bits per heavy atom. The van der Waals surface area contributed by atoms with E-state index in [2.05, 4.69) is 37.4 Å². The van der Waals surface area contributed by atoms with Crippen molar-refractivity contribution in [1.82, 2.24) is 0 Å². The second-order valence-corrected chi connectivity index (χ2v) is 6.11. The highest BCUT2D eigenvalue weighted by molar-refractivity contribution is 5.56. The monoisotopic (exact) mass is 283 g/mol. The molecule has 0 saturated heterocycles. The van der Waals surface area contributed by atoms with E-state index in [0.717, 1.165) is 23.7 Å². The van der Waals surface area contributed by atoms with Crippen LogP contribution in [0.15, 0.2) is 36.4 Å². The first-order valence-corrected chi connectivity index (χ1v) is 7.24. The topological polar surface area (TPSA) is 30.5 Å². The van der Waals surface area contributed by atoms with E-state index >= 15 is 0 Å². The molecular formula is C18H21NO2. The third kappa shape index (κ3) is 3.13. The van der Waals surface area contributed by atoms with Crippen LogP contribution in [0.1, 0.15) is 30.5 Å². The molecule has 3 nitrogen and oxygen atoms in total. The number of benzene rings is 2. The van der Waals surface area contributed by atoms with Crippen molar-refractivity contribution < 1.29 is 9.47 Å². The summed E-state index contributed by atoms with van der Waals surface area (Å²) in [5.41, 5.74) is 4.90. The summed E-state index contributed by atoms with van der Waals surface area (Å²) >= 11 is 0. The van der Waals surface area contributed by atoms with Gasteiger partial charge in [0.15, 0.2) is 11.5 Å². The quantitative estimate of drug-likeness (QED) is 0.904. The second-order valence-electron chi connectivity index (χ2n) is 6.11. The molecule has 0 saturated carbocycles. The van der Waals surface area contributed by atoms with Crippen molar-refractivity contribution >= 4 is 5.69 Å². The van der Waals surface area contributed by atoms with Crippen LogP contribution in [0.5, 0.6) is 11.5 Å². The highest BCUT2D eigenvalue weighted by atomic mass is 16.7. The first-order chi connectivity index (χ1) is 9.91. The molecule has 1 aliphatic rings. The van der Waals surface area contributed by atoms with Gasteiger partial charge in [0.25, 0.3) is 0 Å². The van der Waals surface area contributed by atoms with Crippen molar-refractivity contribution in [3.05, 3.63) is 53.1 Å². The predicted octanol–water partition coefficient (Wildman–Crippen LogP) is 4.42. The summed E-state index contributed by atoms with van der Waals surface area (Å²) in [7, 11) is 0. The molecule has 1 aliphatic heterocycles. The Morgan fingerprint density at radius 1 is 0.905 bits per heavy atom. The van der Waals surface area contributed by atoms with Crippen LogP contribution in [0.3, 0.4) is 0 Å². The summed E-state index contributed by atoms with van der Waals surface area (Å²) in [6.07, 6.45) is 0. The molecule has 0 radical (unpaired) electrons. The van der Waals surface area contributed by atoms with E-state index < -0.39 is 5.79 Å². The third-order valence-corrected chi connectivity index (χ3v) is 3.43. The normalized spacial score (nSPS) is 15.0. The maximum atomic E-state index is 5.76. The van der Waals surface area contributed by atoms with Crippen LogP contribution >= 0.6 is 0 Å². The Morgan fingerprint density at radius 2 is 1.57 bits per heavy atom. The van der Waals surface area contributed by atoms with Gasteiger partial charge in [-0.2, -0.15) is 0 Å². The van der Waals surface area contributed by atoms with Gasteiger partial charge in [-0.1, -0.05) is 29.3 Å². The molecule has 0 unspecified atom stereocenters. The summed E-state index contributed by atoms with van der Waals surface area (Å²) in [6, 6.07) is 12.6. The second kappa shape index (κ2) is 4.99. The summed E-state index contributed by atoms with van der Waals surface area (Å²) in [5.74, 6) is 1.02. The van der Waals surface area contributed by atoms with Gasteiger partial charge in [-0.05, 0) is 31.5 Å². The minimum absolute atomic E-state index is 0.575. The fourth-order valence-corrected chi connectivity index (χ4v) is 2.71. The fraction of sp³-hybridized carbons (Fsp3) is 0.333. The molecule has 0 fully saturated rings. The average molecular weight is 283 g/mol.